The zero-order valence-electron chi connectivity index (χ0n) is 10.4. The molecule has 1 aliphatic heterocycles. The lowest BCUT2D eigenvalue weighted by Gasteiger charge is -2.18. The second-order valence-corrected chi connectivity index (χ2v) is 6.38. The maximum absolute atomic E-state index is 3.64. The van der Waals surface area contributed by atoms with Gasteiger partial charge < -0.3 is 5.32 Å². The monoisotopic (exact) mass is 235 g/mol. The van der Waals surface area contributed by atoms with E-state index >= 15 is 0 Å². The van der Waals surface area contributed by atoms with Crippen molar-refractivity contribution in [2.24, 2.45) is 0 Å². The Kier molecular flexibility index (Phi) is 3.80. The molecule has 1 nitrogen and oxygen atoms in total. The van der Waals surface area contributed by atoms with Crippen molar-refractivity contribution in [2.75, 3.05) is 11.1 Å². The molecule has 1 fully saturated rings. The highest BCUT2D eigenvalue weighted by Crippen LogP contribution is 2.29. The molecular weight excluding hydrogens is 214 g/mol. The summed E-state index contributed by atoms with van der Waals surface area (Å²) < 4.78 is 0. The molecule has 1 heterocycles. The summed E-state index contributed by atoms with van der Waals surface area (Å²) >= 11 is 2.07. The standard InChI is InChI=1S/C14H21NS/c1-10(2)12-4-6-13(7-5-12)15-14-8-9-16-11(14)3/h4-7,10-11,14-15H,8-9H2,1-3H3. The van der Waals surface area contributed by atoms with Gasteiger partial charge in [0.15, 0.2) is 0 Å². The largest absolute Gasteiger partial charge is 0.381 e. The minimum Gasteiger partial charge on any atom is -0.381 e. The average molecular weight is 235 g/mol. The molecule has 0 aromatic heterocycles. The van der Waals surface area contributed by atoms with Gasteiger partial charge in [-0.1, -0.05) is 32.9 Å². The van der Waals surface area contributed by atoms with Gasteiger partial charge in [0.2, 0.25) is 0 Å². The molecule has 2 rings (SSSR count). The normalized spacial score (nSPS) is 25.0. The van der Waals surface area contributed by atoms with Crippen LogP contribution in [0.2, 0.25) is 0 Å². The summed E-state index contributed by atoms with van der Waals surface area (Å²) in [6.45, 7) is 6.79. The van der Waals surface area contributed by atoms with Gasteiger partial charge in [-0.2, -0.15) is 11.8 Å². The molecule has 1 N–H and O–H groups in total. The number of rotatable bonds is 3. The van der Waals surface area contributed by atoms with E-state index in [1.54, 1.807) is 0 Å². The van der Waals surface area contributed by atoms with Crippen LogP contribution in [0.4, 0.5) is 5.69 Å². The van der Waals surface area contributed by atoms with Crippen molar-refractivity contribution in [3.8, 4) is 0 Å². The van der Waals surface area contributed by atoms with Crippen LogP contribution in [0.1, 0.15) is 38.7 Å². The van der Waals surface area contributed by atoms with E-state index in [0.29, 0.717) is 12.0 Å². The minimum atomic E-state index is 0.620. The zero-order valence-corrected chi connectivity index (χ0v) is 11.2. The summed E-state index contributed by atoms with van der Waals surface area (Å²) in [5.74, 6) is 1.91. The first kappa shape index (κ1) is 11.8. The van der Waals surface area contributed by atoms with Crippen molar-refractivity contribution in [2.45, 2.75) is 44.4 Å². The molecule has 2 heteroatoms. The Bertz CT molecular complexity index is 331. The lowest BCUT2D eigenvalue weighted by Crippen LogP contribution is -2.24. The predicted molar refractivity (Wildman–Crippen MR) is 74.5 cm³/mol. The van der Waals surface area contributed by atoms with E-state index in [1.807, 2.05) is 0 Å². The van der Waals surface area contributed by atoms with Gasteiger partial charge in [0.1, 0.15) is 0 Å². The van der Waals surface area contributed by atoms with E-state index in [2.05, 4.69) is 62.1 Å². The van der Waals surface area contributed by atoms with Gasteiger partial charge >= 0.3 is 0 Å². The third-order valence-electron chi connectivity index (χ3n) is 3.31. The number of nitrogens with one attached hydrogen (secondary N) is 1. The molecule has 16 heavy (non-hydrogen) atoms. The number of hydrogen-bond acceptors (Lipinski definition) is 2. The Morgan fingerprint density at radius 1 is 1.25 bits per heavy atom. The van der Waals surface area contributed by atoms with E-state index in [-0.39, 0.29) is 0 Å². The highest BCUT2D eigenvalue weighted by molar-refractivity contribution is 8.00. The minimum absolute atomic E-state index is 0.620. The molecule has 88 valence electrons. The van der Waals surface area contributed by atoms with E-state index < -0.39 is 0 Å². The zero-order chi connectivity index (χ0) is 11.5. The van der Waals surface area contributed by atoms with Crippen LogP contribution in [-0.2, 0) is 0 Å². The first-order valence-corrected chi connectivity index (χ1v) is 7.20. The molecule has 1 aromatic rings. The fourth-order valence-corrected chi connectivity index (χ4v) is 3.30. The number of anilines is 1. The van der Waals surface area contributed by atoms with Gasteiger partial charge in [0.25, 0.3) is 0 Å². The summed E-state index contributed by atoms with van der Waals surface area (Å²) in [4.78, 5) is 0. The van der Waals surface area contributed by atoms with Crippen LogP contribution < -0.4 is 5.32 Å². The lowest BCUT2D eigenvalue weighted by molar-refractivity contribution is 0.724. The predicted octanol–water partition coefficient (Wildman–Crippen LogP) is 4.12. The molecule has 2 unspecified atom stereocenters. The van der Waals surface area contributed by atoms with Crippen LogP contribution in [0.5, 0.6) is 0 Å². The molecule has 2 atom stereocenters. The van der Waals surface area contributed by atoms with Crippen LogP contribution in [0.25, 0.3) is 0 Å². The van der Waals surface area contributed by atoms with Crippen molar-refractivity contribution < 1.29 is 0 Å². The van der Waals surface area contributed by atoms with Crippen LogP contribution in [0, 0.1) is 0 Å². The summed E-state index contributed by atoms with van der Waals surface area (Å²) in [6.07, 6.45) is 1.29. The quantitative estimate of drug-likeness (QED) is 0.846. The molecule has 0 amide bonds. The van der Waals surface area contributed by atoms with Gasteiger partial charge in [-0.15, -0.1) is 0 Å². The van der Waals surface area contributed by atoms with Gasteiger partial charge in [-0.25, -0.2) is 0 Å². The summed E-state index contributed by atoms with van der Waals surface area (Å²) in [5.41, 5.74) is 2.68. The SMILES string of the molecule is CC(C)c1ccc(NC2CCSC2C)cc1. The smallest absolute Gasteiger partial charge is 0.0385 e. The fraction of sp³-hybridized carbons (Fsp3) is 0.571. The first-order chi connectivity index (χ1) is 7.66. The summed E-state index contributed by atoms with van der Waals surface area (Å²) in [6, 6.07) is 9.55. The third kappa shape index (κ3) is 2.73. The van der Waals surface area contributed by atoms with Crippen LogP contribution in [0.3, 0.4) is 0 Å². The molecule has 1 aromatic carbocycles. The Hall–Kier alpha value is -0.630. The number of thioether (sulfide) groups is 1. The maximum Gasteiger partial charge on any atom is 0.0385 e. The van der Waals surface area contributed by atoms with Gasteiger partial charge in [-0.3, -0.25) is 0 Å². The topological polar surface area (TPSA) is 12.0 Å². The molecule has 1 aliphatic rings. The number of hydrogen-bond donors (Lipinski definition) is 1. The van der Waals surface area contributed by atoms with Crippen molar-refractivity contribution in [1.29, 1.82) is 0 Å². The fourth-order valence-electron chi connectivity index (χ4n) is 2.10. The van der Waals surface area contributed by atoms with Crippen molar-refractivity contribution in [1.82, 2.24) is 0 Å². The maximum atomic E-state index is 3.64. The molecular formula is C14H21NS. The Labute approximate surface area is 103 Å². The molecule has 1 saturated heterocycles. The van der Waals surface area contributed by atoms with Gasteiger partial charge in [0, 0.05) is 17.0 Å². The Balaban J connectivity index is 1.99. The molecule has 0 spiro atoms. The van der Waals surface area contributed by atoms with E-state index in [1.165, 1.54) is 23.4 Å². The van der Waals surface area contributed by atoms with Crippen LogP contribution in [-0.4, -0.2) is 17.0 Å². The van der Waals surface area contributed by atoms with Gasteiger partial charge in [-0.05, 0) is 35.8 Å². The van der Waals surface area contributed by atoms with Crippen molar-refractivity contribution in [3.63, 3.8) is 0 Å². The van der Waals surface area contributed by atoms with E-state index in [4.69, 9.17) is 0 Å². The Morgan fingerprint density at radius 3 is 2.44 bits per heavy atom. The van der Waals surface area contributed by atoms with Crippen LogP contribution in [0.15, 0.2) is 24.3 Å². The Morgan fingerprint density at radius 2 is 1.94 bits per heavy atom. The van der Waals surface area contributed by atoms with Crippen molar-refractivity contribution >= 4 is 17.4 Å². The van der Waals surface area contributed by atoms with E-state index in [0.717, 1.165) is 5.25 Å². The molecule has 0 saturated carbocycles. The van der Waals surface area contributed by atoms with Gasteiger partial charge in [0.05, 0.1) is 0 Å². The summed E-state index contributed by atoms with van der Waals surface area (Å²) in [7, 11) is 0. The average Bonchev–Trinajstić information content (AvgIpc) is 2.65. The molecule has 0 aliphatic carbocycles. The number of benzene rings is 1. The third-order valence-corrected chi connectivity index (χ3v) is 4.63. The lowest BCUT2D eigenvalue weighted by atomic mass is 10.0. The highest BCUT2D eigenvalue weighted by atomic mass is 32.2. The van der Waals surface area contributed by atoms with Crippen molar-refractivity contribution in [3.05, 3.63) is 29.8 Å². The first-order valence-electron chi connectivity index (χ1n) is 6.15. The summed E-state index contributed by atoms with van der Waals surface area (Å²) in [5, 5.41) is 4.38. The highest BCUT2D eigenvalue weighted by Gasteiger charge is 2.23. The second kappa shape index (κ2) is 5.13. The second-order valence-electron chi connectivity index (χ2n) is 4.89. The van der Waals surface area contributed by atoms with Crippen LogP contribution >= 0.6 is 11.8 Å². The molecule has 0 bridgehead atoms. The van der Waals surface area contributed by atoms with E-state index in [9.17, 15) is 0 Å². The molecule has 0 radical (unpaired) electrons.